The van der Waals surface area contributed by atoms with E-state index in [0.29, 0.717) is 6.61 Å². The van der Waals surface area contributed by atoms with E-state index >= 15 is 0 Å². The molecular formula is C11H15BrO3. The van der Waals surface area contributed by atoms with Crippen LogP contribution in [0.1, 0.15) is 12.5 Å². The van der Waals surface area contributed by atoms with Crippen LogP contribution in [0, 0.1) is 0 Å². The van der Waals surface area contributed by atoms with E-state index in [-0.39, 0.29) is 12.7 Å². The highest BCUT2D eigenvalue weighted by Gasteiger charge is 2.05. The maximum absolute atomic E-state index is 8.93. The van der Waals surface area contributed by atoms with Gasteiger partial charge in [0.15, 0.2) is 0 Å². The summed E-state index contributed by atoms with van der Waals surface area (Å²) in [7, 11) is 1.65. The van der Waals surface area contributed by atoms with E-state index in [0.717, 1.165) is 15.8 Å². The molecule has 0 aromatic heterocycles. The Morgan fingerprint density at radius 3 is 2.73 bits per heavy atom. The lowest BCUT2D eigenvalue weighted by atomic mass is 10.2. The van der Waals surface area contributed by atoms with Crippen molar-refractivity contribution in [1.82, 2.24) is 0 Å². The lowest BCUT2D eigenvalue weighted by Gasteiger charge is -2.13. The normalized spacial score (nSPS) is 12.5. The topological polar surface area (TPSA) is 38.7 Å². The Kier molecular flexibility index (Phi) is 5.08. The van der Waals surface area contributed by atoms with Gasteiger partial charge in [0.1, 0.15) is 12.4 Å². The summed E-state index contributed by atoms with van der Waals surface area (Å²) in [5.74, 6) is 0.760. The van der Waals surface area contributed by atoms with Gasteiger partial charge in [0.25, 0.3) is 0 Å². The Morgan fingerprint density at radius 2 is 2.20 bits per heavy atom. The zero-order valence-corrected chi connectivity index (χ0v) is 10.5. The summed E-state index contributed by atoms with van der Waals surface area (Å²) in [6.07, 6.45) is 0.0643. The van der Waals surface area contributed by atoms with E-state index in [1.807, 2.05) is 25.1 Å². The lowest BCUT2D eigenvalue weighted by Crippen LogP contribution is -2.16. The van der Waals surface area contributed by atoms with Crippen molar-refractivity contribution in [3.63, 3.8) is 0 Å². The Morgan fingerprint density at radius 1 is 1.47 bits per heavy atom. The number of aliphatic hydroxyl groups excluding tert-OH is 1. The van der Waals surface area contributed by atoms with Crippen LogP contribution in [-0.2, 0) is 11.3 Å². The molecule has 0 fully saturated rings. The van der Waals surface area contributed by atoms with Crippen molar-refractivity contribution in [3.05, 3.63) is 28.2 Å². The maximum atomic E-state index is 8.93. The molecule has 0 bridgehead atoms. The molecular weight excluding hydrogens is 260 g/mol. The summed E-state index contributed by atoms with van der Waals surface area (Å²) >= 11 is 3.38. The average molecular weight is 275 g/mol. The van der Waals surface area contributed by atoms with E-state index in [2.05, 4.69) is 15.9 Å². The van der Waals surface area contributed by atoms with Crippen molar-refractivity contribution in [2.24, 2.45) is 0 Å². The van der Waals surface area contributed by atoms with Crippen LogP contribution in [0.5, 0.6) is 5.75 Å². The van der Waals surface area contributed by atoms with E-state index in [1.165, 1.54) is 0 Å². The van der Waals surface area contributed by atoms with Crippen molar-refractivity contribution in [3.8, 4) is 5.75 Å². The molecule has 0 aliphatic rings. The fourth-order valence-corrected chi connectivity index (χ4v) is 1.58. The SMILES string of the molecule is COC(C)COc1ccc(CO)cc1Br. The minimum atomic E-state index is 0.0351. The molecule has 1 N–H and O–H groups in total. The molecule has 4 heteroatoms. The second kappa shape index (κ2) is 6.10. The Labute approximate surface area is 98.1 Å². The fraction of sp³-hybridized carbons (Fsp3) is 0.455. The molecule has 1 aromatic rings. The van der Waals surface area contributed by atoms with Gasteiger partial charge in [-0.2, -0.15) is 0 Å². The first kappa shape index (κ1) is 12.5. The molecule has 84 valence electrons. The molecule has 3 nitrogen and oxygen atoms in total. The summed E-state index contributed by atoms with van der Waals surface area (Å²) < 4.78 is 11.5. The van der Waals surface area contributed by atoms with E-state index < -0.39 is 0 Å². The van der Waals surface area contributed by atoms with Gasteiger partial charge in [-0.15, -0.1) is 0 Å². The smallest absolute Gasteiger partial charge is 0.133 e. The molecule has 1 atom stereocenters. The van der Waals surface area contributed by atoms with Crippen LogP contribution < -0.4 is 4.74 Å². The fourth-order valence-electron chi connectivity index (χ4n) is 1.03. The summed E-state index contributed by atoms with van der Waals surface area (Å²) in [5.41, 5.74) is 0.856. The van der Waals surface area contributed by atoms with Crippen molar-refractivity contribution < 1.29 is 14.6 Å². The number of ether oxygens (including phenoxy) is 2. The molecule has 0 amide bonds. The quantitative estimate of drug-likeness (QED) is 0.896. The molecule has 1 rings (SSSR count). The molecule has 15 heavy (non-hydrogen) atoms. The summed E-state index contributed by atoms with van der Waals surface area (Å²) in [6.45, 7) is 2.48. The Bertz CT molecular complexity index is 315. The first-order chi connectivity index (χ1) is 7.17. The van der Waals surface area contributed by atoms with Crippen LogP contribution in [0.4, 0.5) is 0 Å². The van der Waals surface area contributed by atoms with Crippen molar-refractivity contribution in [2.45, 2.75) is 19.6 Å². The zero-order chi connectivity index (χ0) is 11.3. The van der Waals surface area contributed by atoms with Crippen LogP contribution in [-0.4, -0.2) is 24.9 Å². The maximum Gasteiger partial charge on any atom is 0.133 e. The van der Waals surface area contributed by atoms with Gasteiger partial charge in [0.05, 0.1) is 17.2 Å². The van der Waals surface area contributed by atoms with E-state index in [4.69, 9.17) is 14.6 Å². The predicted octanol–water partition coefficient (Wildman–Crippen LogP) is 2.36. The third-order valence-electron chi connectivity index (χ3n) is 2.05. The first-order valence-corrected chi connectivity index (χ1v) is 5.51. The third kappa shape index (κ3) is 3.81. The molecule has 0 spiro atoms. The van der Waals surface area contributed by atoms with Crippen LogP contribution >= 0.6 is 15.9 Å². The largest absolute Gasteiger partial charge is 0.490 e. The van der Waals surface area contributed by atoms with Crippen LogP contribution in [0.25, 0.3) is 0 Å². The Hall–Kier alpha value is -0.580. The number of aliphatic hydroxyl groups is 1. The zero-order valence-electron chi connectivity index (χ0n) is 8.87. The van der Waals surface area contributed by atoms with Gasteiger partial charge in [0, 0.05) is 7.11 Å². The second-order valence-corrected chi connectivity index (χ2v) is 4.13. The standard InChI is InChI=1S/C11H15BrO3/c1-8(14-2)7-15-11-4-3-9(6-13)5-10(11)12/h3-5,8,13H,6-7H2,1-2H3. The molecule has 0 aliphatic heterocycles. The highest BCUT2D eigenvalue weighted by Crippen LogP contribution is 2.26. The number of halogens is 1. The summed E-state index contributed by atoms with van der Waals surface area (Å²) in [6, 6.07) is 5.50. The molecule has 0 saturated heterocycles. The third-order valence-corrected chi connectivity index (χ3v) is 2.67. The van der Waals surface area contributed by atoms with Crippen molar-refractivity contribution >= 4 is 15.9 Å². The molecule has 0 heterocycles. The van der Waals surface area contributed by atoms with Gasteiger partial charge >= 0.3 is 0 Å². The van der Waals surface area contributed by atoms with Crippen LogP contribution in [0.15, 0.2) is 22.7 Å². The van der Waals surface area contributed by atoms with Gasteiger partial charge < -0.3 is 14.6 Å². The highest BCUT2D eigenvalue weighted by molar-refractivity contribution is 9.10. The Balaban J connectivity index is 2.62. The van der Waals surface area contributed by atoms with Crippen molar-refractivity contribution in [1.29, 1.82) is 0 Å². The van der Waals surface area contributed by atoms with Gasteiger partial charge in [-0.1, -0.05) is 6.07 Å². The number of hydrogen-bond donors (Lipinski definition) is 1. The first-order valence-electron chi connectivity index (χ1n) is 4.72. The molecule has 0 radical (unpaired) electrons. The number of benzene rings is 1. The minimum Gasteiger partial charge on any atom is -0.490 e. The van der Waals surface area contributed by atoms with Crippen LogP contribution in [0.2, 0.25) is 0 Å². The van der Waals surface area contributed by atoms with Gasteiger partial charge in [-0.25, -0.2) is 0 Å². The monoisotopic (exact) mass is 274 g/mol. The summed E-state index contributed by atoms with van der Waals surface area (Å²) in [4.78, 5) is 0. The number of hydrogen-bond acceptors (Lipinski definition) is 3. The van der Waals surface area contributed by atoms with Crippen molar-refractivity contribution in [2.75, 3.05) is 13.7 Å². The van der Waals surface area contributed by atoms with Gasteiger partial charge in [-0.05, 0) is 40.5 Å². The average Bonchev–Trinajstić information content (AvgIpc) is 2.26. The lowest BCUT2D eigenvalue weighted by molar-refractivity contribution is 0.0714. The summed E-state index contributed by atoms with van der Waals surface area (Å²) in [5, 5.41) is 8.93. The molecule has 0 saturated carbocycles. The second-order valence-electron chi connectivity index (χ2n) is 3.28. The number of methoxy groups -OCH3 is 1. The van der Waals surface area contributed by atoms with E-state index in [1.54, 1.807) is 7.11 Å². The highest BCUT2D eigenvalue weighted by atomic mass is 79.9. The van der Waals surface area contributed by atoms with Crippen LogP contribution in [0.3, 0.4) is 0 Å². The molecule has 0 aliphatic carbocycles. The van der Waals surface area contributed by atoms with Gasteiger partial charge in [0.2, 0.25) is 0 Å². The number of rotatable bonds is 5. The molecule has 1 unspecified atom stereocenters. The van der Waals surface area contributed by atoms with Gasteiger partial charge in [-0.3, -0.25) is 0 Å². The minimum absolute atomic E-state index is 0.0351. The molecule has 1 aromatic carbocycles. The van der Waals surface area contributed by atoms with E-state index in [9.17, 15) is 0 Å². The predicted molar refractivity (Wildman–Crippen MR) is 62.0 cm³/mol.